The quantitative estimate of drug-likeness (QED) is 0.111. The Hall–Kier alpha value is -3.13. The molecule has 0 aliphatic heterocycles. The van der Waals surface area contributed by atoms with Crippen molar-refractivity contribution < 1.29 is 24.6 Å². The summed E-state index contributed by atoms with van der Waals surface area (Å²) in [7, 11) is 1.46. The molecular weight excluding hydrogens is 372 g/mol. The molecule has 0 saturated heterocycles. The van der Waals surface area contributed by atoms with Crippen molar-refractivity contribution in [2.24, 2.45) is 4.99 Å². The summed E-state index contributed by atoms with van der Waals surface area (Å²) in [5, 5.41) is 22.3. The highest BCUT2D eigenvalue weighted by Crippen LogP contribution is 2.30. The number of nitrogens with zero attached hydrogens (tertiary/aromatic N) is 2. The lowest BCUT2D eigenvalue weighted by atomic mass is 9.93. The summed E-state index contributed by atoms with van der Waals surface area (Å²) in [6.07, 6.45) is 9.25. The number of anilines is 2. The van der Waals surface area contributed by atoms with E-state index in [2.05, 4.69) is 16.9 Å². The molecule has 8 nitrogen and oxygen atoms in total. The lowest BCUT2D eigenvalue weighted by Gasteiger charge is -2.22. The standard InChI is InChI=1S/C21H28N4O4/c1-4-5-6-14(2)25(28)21(27)24-19-11-15(18(22)12-20(19)29-3)13-23-16-7-9-17(26)10-8-16/h4-6,11-13,16-17,26H,1,7-10H2,2-3H3,(H3-,22,23,24,27,28)/p+1/b6-5-,25-14+. The van der Waals surface area contributed by atoms with Crippen molar-refractivity contribution in [3.8, 4) is 5.75 Å². The minimum atomic E-state index is -0.747. The highest BCUT2D eigenvalue weighted by Gasteiger charge is 2.22. The van der Waals surface area contributed by atoms with Crippen molar-refractivity contribution >= 4 is 29.3 Å². The molecule has 2 rings (SSSR count). The third-order valence-electron chi connectivity index (χ3n) is 4.74. The smallest absolute Gasteiger partial charge is 0.492 e. The number of aliphatic hydroxyl groups excluding tert-OH is 1. The Labute approximate surface area is 170 Å². The number of hydrogen-bond acceptors (Lipinski definition) is 6. The molecule has 0 bridgehead atoms. The van der Waals surface area contributed by atoms with Gasteiger partial charge in [-0.1, -0.05) is 18.7 Å². The van der Waals surface area contributed by atoms with Gasteiger partial charge in [0.15, 0.2) is 17.1 Å². The molecule has 1 aliphatic rings. The molecule has 1 fully saturated rings. The molecule has 1 saturated carbocycles. The predicted octanol–water partition coefficient (Wildman–Crippen LogP) is 3.14. The molecule has 1 aromatic carbocycles. The number of nitrogens with one attached hydrogen (secondary N) is 1. The second-order valence-electron chi connectivity index (χ2n) is 6.90. The Bertz CT molecular complexity index is 837. The van der Waals surface area contributed by atoms with Crippen LogP contribution in [0.25, 0.3) is 0 Å². The third-order valence-corrected chi connectivity index (χ3v) is 4.74. The van der Waals surface area contributed by atoms with Gasteiger partial charge < -0.3 is 20.8 Å². The van der Waals surface area contributed by atoms with E-state index in [1.54, 1.807) is 37.4 Å². The van der Waals surface area contributed by atoms with Gasteiger partial charge in [-0.15, -0.1) is 0 Å². The zero-order valence-corrected chi connectivity index (χ0v) is 16.8. The highest BCUT2D eigenvalue weighted by molar-refractivity contribution is 5.97. The van der Waals surface area contributed by atoms with Crippen LogP contribution in [-0.2, 0) is 0 Å². The van der Waals surface area contributed by atoms with E-state index in [0.717, 1.165) is 25.7 Å². The Morgan fingerprint density at radius 1 is 1.38 bits per heavy atom. The maximum atomic E-state index is 12.4. The average molecular weight is 401 g/mol. The van der Waals surface area contributed by atoms with Crippen molar-refractivity contribution in [1.29, 1.82) is 0 Å². The third kappa shape index (κ3) is 6.18. The fourth-order valence-corrected chi connectivity index (χ4v) is 2.99. The summed E-state index contributed by atoms with van der Waals surface area (Å²) in [4.78, 5) is 16.9. The van der Waals surface area contributed by atoms with Gasteiger partial charge in [0.25, 0.3) is 0 Å². The minimum Gasteiger partial charge on any atom is -0.492 e. The van der Waals surface area contributed by atoms with Crippen LogP contribution in [0.4, 0.5) is 16.2 Å². The zero-order chi connectivity index (χ0) is 21.4. The molecule has 0 spiro atoms. The fraction of sp³-hybridized carbons (Fsp3) is 0.381. The summed E-state index contributed by atoms with van der Waals surface area (Å²) in [5.74, 6) is 0.362. The molecule has 0 unspecified atom stereocenters. The maximum Gasteiger partial charge on any atom is 0.535 e. The molecule has 2 amide bonds. The van der Waals surface area contributed by atoms with Gasteiger partial charge in [0.2, 0.25) is 0 Å². The van der Waals surface area contributed by atoms with E-state index in [-0.39, 0.29) is 12.1 Å². The van der Waals surface area contributed by atoms with Crippen molar-refractivity contribution in [2.75, 3.05) is 18.2 Å². The highest BCUT2D eigenvalue weighted by atomic mass is 16.5. The van der Waals surface area contributed by atoms with Crippen LogP contribution in [0.3, 0.4) is 0 Å². The zero-order valence-electron chi connectivity index (χ0n) is 16.8. The molecule has 156 valence electrons. The normalized spacial score (nSPS) is 20.5. The molecule has 0 aromatic heterocycles. The van der Waals surface area contributed by atoms with E-state index in [1.807, 2.05) is 0 Å². The SMILES string of the molecule is C=C/C=C\C(C)=[N+](\O)C(=O)Nc1cc(C=NC2CCC(O)CC2)c(N)cc1OC. The van der Waals surface area contributed by atoms with Gasteiger partial charge in [-0.2, -0.15) is 10.1 Å². The van der Waals surface area contributed by atoms with Crippen molar-refractivity contribution in [1.82, 2.24) is 0 Å². The van der Waals surface area contributed by atoms with E-state index < -0.39 is 6.03 Å². The lowest BCUT2D eigenvalue weighted by molar-refractivity contribution is -0.696. The molecule has 0 atom stereocenters. The summed E-state index contributed by atoms with van der Waals surface area (Å²) in [6, 6.07) is 2.64. The van der Waals surface area contributed by atoms with Crippen LogP contribution in [0, 0.1) is 0 Å². The summed E-state index contributed by atoms with van der Waals surface area (Å²) < 4.78 is 5.79. The number of hydroxylamine groups is 1. The number of methoxy groups -OCH3 is 1. The first-order valence-corrected chi connectivity index (χ1v) is 9.47. The van der Waals surface area contributed by atoms with Crippen molar-refractivity contribution in [2.45, 2.75) is 44.8 Å². The average Bonchev–Trinajstić information content (AvgIpc) is 2.72. The Morgan fingerprint density at radius 2 is 2.07 bits per heavy atom. The number of nitrogens with two attached hydrogens (primary N) is 1. The van der Waals surface area contributed by atoms with Gasteiger partial charge in [0.1, 0.15) is 0 Å². The number of aliphatic hydroxyl groups is 1. The molecule has 0 heterocycles. The first kappa shape index (κ1) is 22.2. The Morgan fingerprint density at radius 3 is 2.69 bits per heavy atom. The van der Waals surface area contributed by atoms with Crippen LogP contribution in [0.2, 0.25) is 0 Å². The molecule has 5 N–H and O–H groups in total. The number of carbonyl (C=O) groups is 1. The van der Waals surface area contributed by atoms with E-state index in [4.69, 9.17) is 10.5 Å². The number of rotatable bonds is 6. The van der Waals surface area contributed by atoms with Crippen LogP contribution in [0.15, 0.2) is 41.9 Å². The fourth-order valence-electron chi connectivity index (χ4n) is 2.99. The number of hydrogen-bond donors (Lipinski definition) is 4. The Kier molecular flexibility index (Phi) is 7.97. The summed E-state index contributed by atoms with van der Waals surface area (Å²) in [5.41, 5.74) is 7.85. The van der Waals surface area contributed by atoms with E-state index in [1.165, 1.54) is 13.2 Å². The summed E-state index contributed by atoms with van der Waals surface area (Å²) >= 11 is 0. The van der Waals surface area contributed by atoms with Gasteiger partial charge in [0.05, 0.1) is 19.3 Å². The van der Waals surface area contributed by atoms with E-state index in [0.29, 0.717) is 33.1 Å². The van der Waals surface area contributed by atoms with Gasteiger partial charge in [0, 0.05) is 30.5 Å². The van der Waals surface area contributed by atoms with E-state index in [9.17, 15) is 15.1 Å². The molecule has 29 heavy (non-hydrogen) atoms. The lowest BCUT2D eigenvalue weighted by Crippen LogP contribution is -2.27. The monoisotopic (exact) mass is 401 g/mol. The molecule has 8 heteroatoms. The summed E-state index contributed by atoms with van der Waals surface area (Å²) in [6.45, 7) is 5.13. The van der Waals surface area contributed by atoms with Crippen LogP contribution in [0.5, 0.6) is 5.75 Å². The van der Waals surface area contributed by atoms with Crippen LogP contribution in [0.1, 0.15) is 38.2 Å². The molecular formula is C21H29N4O4+. The number of allylic oxidation sites excluding steroid dienone is 3. The second-order valence-corrected chi connectivity index (χ2v) is 6.90. The number of amides is 2. The second kappa shape index (κ2) is 10.4. The molecule has 0 radical (unpaired) electrons. The first-order valence-electron chi connectivity index (χ1n) is 9.47. The number of benzene rings is 1. The number of nitrogen functional groups attached to an aromatic ring is 1. The largest absolute Gasteiger partial charge is 0.535 e. The predicted molar refractivity (Wildman–Crippen MR) is 114 cm³/mol. The minimum absolute atomic E-state index is 0.139. The van der Waals surface area contributed by atoms with Crippen molar-refractivity contribution in [3.63, 3.8) is 0 Å². The van der Waals surface area contributed by atoms with Gasteiger partial charge >= 0.3 is 6.03 Å². The Balaban J connectivity index is 2.23. The maximum absolute atomic E-state index is 12.4. The molecule has 1 aromatic rings. The van der Waals surface area contributed by atoms with Gasteiger partial charge in [-0.3, -0.25) is 4.99 Å². The van der Waals surface area contributed by atoms with Crippen LogP contribution >= 0.6 is 0 Å². The van der Waals surface area contributed by atoms with Crippen LogP contribution in [-0.4, -0.2) is 52.3 Å². The first-order chi connectivity index (χ1) is 13.8. The van der Waals surface area contributed by atoms with Crippen LogP contribution < -0.4 is 15.8 Å². The van der Waals surface area contributed by atoms with Gasteiger partial charge in [-0.05, 0) is 42.6 Å². The van der Waals surface area contributed by atoms with E-state index >= 15 is 0 Å². The number of aliphatic imine (C=N–C) groups is 1. The van der Waals surface area contributed by atoms with Crippen molar-refractivity contribution in [3.05, 3.63) is 42.5 Å². The molecule has 1 aliphatic carbocycles. The number of ether oxygens (including phenoxy) is 1. The number of urea groups is 1. The topological polar surface area (TPSA) is 120 Å². The van der Waals surface area contributed by atoms with Gasteiger partial charge in [-0.25, -0.2) is 0 Å². The number of carbonyl (C=O) groups excluding carboxylic acids is 1.